The number of rotatable bonds is 9. The van der Waals surface area contributed by atoms with Gasteiger partial charge in [-0.1, -0.05) is 39.8 Å². The number of benzene rings is 2. The Morgan fingerprint density at radius 2 is 1.76 bits per heavy atom. The standard InChI is InChI=1S/C27H36FNO4.HNO2S/c1-6-27(7-2)21-10-9-20(28)17-22(21)29(25(32)33-27)15-14-26(4,5)13-12-24(31)19-8-11-23(30)18(3)16-19;1-4(2)3/h8-11,16-17,24,30-31H,6-7,12-15H2,1-5H3;1H. The molecule has 2 aromatic rings. The molecule has 1 aliphatic rings. The third-order valence-electron chi connectivity index (χ3n) is 7.10. The molecule has 0 saturated carbocycles. The molecule has 3 rings (SSSR count). The number of ether oxygens (including phenoxy) is 1. The number of halogens is 1. The predicted octanol–water partition coefficient (Wildman–Crippen LogP) is 6.37. The van der Waals surface area contributed by atoms with Crippen LogP contribution in [0.25, 0.3) is 0 Å². The first-order valence-electron chi connectivity index (χ1n) is 12.3. The molecule has 3 N–H and O–H groups in total. The topological polar surface area (TPSA) is 128 Å². The van der Waals surface area contributed by atoms with Crippen LogP contribution in [-0.2, 0) is 20.8 Å². The lowest BCUT2D eigenvalue weighted by atomic mass is 9.82. The highest BCUT2D eigenvalue weighted by atomic mass is 32.2. The van der Waals surface area contributed by atoms with Crippen LogP contribution in [0.15, 0.2) is 36.4 Å². The summed E-state index contributed by atoms with van der Waals surface area (Å²) < 4.78 is 42.9. The molecule has 0 spiro atoms. The second-order valence-electron chi connectivity index (χ2n) is 10.1. The van der Waals surface area contributed by atoms with E-state index < -0.39 is 28.3 Å². The lowest BCUT2D eigenvalue weighted by molar-refractivity contribution is -0.00155. The van der Waals surface area contributed by atoms with Crippen LogP contribution in [0.5, 0.6) is 5.75 Å². The van der Waals surface area contributed by atoms with Crippen molar-refractivity contribution in [1.29, 1.82) is 4.78 Å². The minimum absolute atomic E-state index is 0.162. The van der Waals surface area contributed by atoms with E-state index in [4.69, 9.17) is 17.9 Å². The van der Waals surface area contributed by atoms with Crippen molar-refractivity contribution in [3.63, 3.8) is 0 Å². The number of carbonyl (C=O) groups is 1. The Morgan fingerprint density at radius 3 is 2.32 bits per heavy atom. The summed E-state index contributed by atoms with van der Waals surface area (Å²) in [5.41, 5.74) is 2.06. The Morgan fingerprint density at radius 1 is 1.14 bits per heavy atom. The Bertz CT molecular complexity index is 1210. The number of phenolic OH excluding ortho intramolecular Hbond substituents is 1. The van der Waals surface area contributed by atoms with Crippen molar-refractivity contribution >= 4 is 22.3 Å². The maximum atomic E-state index is 14.1. The lowest BCUT2D eigenvalue weighted by Crippen LogP contribution is -2.46. The number of aryl methyl sites for hydroxylation is 1. The fourth-order valence-corrected chi connectivity index (χ4v) is 4.60. The number of amides is 1. The van der Waals surface area contributed by atoms with E-state index in [1.165, 1.54) is 12.1 Å². The van der Waals surface area contributed by atoms with Crippen LogP contribution in [0.1, 0.15) is 82.6 Å². The largest absolute Gasteiger partial charge is 0.508 e. The molecule has 0 aliphatic carbocycles. The molecule has 10 heteroatoms. The fraction of sp³-hybridized carbons (Fsp3) is 0.519. The summed E-state index contributed by atoms with van der Waals surface area (Å²) in [6.45, 7) is 10.4. The molecular formula is C27H37FN2O6S. The SMILES string of the molecule is CCC1(CC)OC(=O)N(CCC(C)(C)CCC(O)c2ccc(O)c(C)c2)c2cc(F)ccc21.N=S(=O)=O. The van der Waals surface area contributed by atoms with Gasteiger partial charge in [0.25, 0.3) is 0 Å². The van der Waals surface area contributed by atoms with Gasteiger partial charge in [-0.05, 0) is 79.8 Å². The summed E-state index contributed by atoms with van der Waals surface area (Å²) in [6.07, 6.45) is 2.15. The van der Waals surface area contributed by atoms with Crippen molar-refractivity contribution in [3.8, 4) is 5.75 Å². The summed E-state index contributed by atoms with van der Waals surface area (Å²) in [4.78, 5) is 14.5. The van der Waals surface area contributed by atoms with Crippen molar-refractivity contribution in [3.05, 3.63) is 58.9 Å². The molecule has 1 unspecified atom stereocenters. The number of hydrogen-bond acceptors (Lipinski definition) is 7. The van der Waals surface area contributed by atoms with Crippen LogP contribution in [-0.4, -0.2) is 31.3 Å². The van der Waals surface area contributed by atoms with Gasteiger partial charge in [0.2, 0.25) is 0 Å². The van der Waals surface area contributed by atoms with Crippen LogP contribution in [0.3, 0.4) is 0 Å². The van der Waals surface area contributed by atoms with Gasteiger partial charge in [0.1, 0.15) is 17.2 Å². The minimum Gasteiger partial charge on any atom is -0.508 e. The van der Waals surface area contributed by atoms with Gasteiger partial charge in [0.15, 0.2) is 0 Å². The molecule has 8 nitrogen and oxygen atoms in total. The number of phenols is 1. The number of aliphatic hydroxyl groups excluding tert-OH is 1. The first-order chi connectivity index (χ1) is 17.2. The summed E-state index contributed by atoms with van der Waals surface area (Å²) in [5.74, 6) is -0.160. The van der Waals surface area contributed by atoms with Gasteiger partial charge < -0.3 is 14.9 Å². The number of hydrogen-bond donors (Lipinski definition) is 3. The quantitative estimate of drug-likeness (QED) is 0.342. The molecule has 204 valence electrons. The highest BCUT2D eigenvalue weighted by molar-refractivity contribution is 7.60. The first-order valence-corrected chi connectivity index (χ1v) is 13.4. The van der Waals surface area contributed by atoms with Crippen molar-refractivity contribution in [2.75, 3.05) is 11.4 Å². The molecule has 1 heterocycles. The lowest BCUT2D eigenvalue weighted by Gasteiger charge is -2.42. The van der Waals surface area contributed by atoms with Gasteiger partial charge in [0, 0.05) is 12.1 Å². The summed E-state index contributed by atoms with van der Waals surface area (Å²) in [6, 6.07) is 9.73. The van der Waals surface area contributed by atoms with E-state index >= 15 is 0 Å². The second-order valence-corrected chi connectivity index (χ2v) is 10.6. The molecule has 1 atom stereocenters. The molecule has 0 radical (unpaired) electrons. The van der Waals surface area contributed by atoms with Gasteiger partial charge in [-0.15, -0.1) is 0 Å². The van der Waals surface area contributed by atoms with Crippen molar-refractivity contribution in [2.45, 2.75) is 78.4 Å². The third-order valence-corrected chi connectivity index (χ3v) is 7.10. The molecule has 2 aromatic carbocycles. The molecule has 0 aromatic heterocycles. The van der Waals surface area contributed by atoms with Crippen LogP contribution >= 0.6 is 0 Å². The molecule has 0 saturated heterocycles. The zero-order chi connectivity index (χ0) is 28.0. The average molecular weight is 537 g/mol. The number of cyclic esters (lactones) is 1. The summed E-state index contributed by atoms with van der Waals surface area (Å²) in [7, 11) is -2.61. The summed E-state index contributed by atoms with van der Waals surface area (Å²) >= 11 is 0. The monoisotopic (exact) mass is 536 g/mol. The van der Waals surface area contributed by atoms with E-state index in [1.54, 1.807) is 36.1 Å². The van der Waals surface area contributed by atoms with Gasteiger partial charge in [0.05, 0.1) is 11.8 Å². The Hall–Kier alpha value is -2.98. The van der Waals surface area contributed by atoms with E-state index in [-0.39, 0.29) is 17.0 Å². The van der Waals surface area contributed by atoms with Crippen molar-refractivity contribution in [1.82, 2.24) is 0 Å². The first kappa shape index (κ1) is 30.2. The predicted molar refractivity (Wildman–Crippen MR) is 140 cm³/mol. The van der Waals surface area contributed by atoms with E-state index in [0.717, 1.165) is 23.1 Å². The van der Waals surface area contributed by atoms with E-state index in [0.29, 0.717) is 37.9 Å². The number of carbonyl (C=O) groups excluding carboxylic acids is 1. The Balaban J connectivity index is 0.00000112. The summed E-state index contributed by atoms with van der Waals surface area (Å²) in [5, 5.41) is 20.3. The molecule has 0 fully saturated rings. The van der Waals surface area contributed by atoms with E-state index in [1.807, 2.05) is 13.8 Å². The van der Waals surface area contributed by atoms with Gasteiger partial charge in [-0.2, -0.15) is 13.2 Å². The van der Waals surface area contributed by atoms with Crippen LogP contribution in [0.2, 0.25) is 0 Å². The van der Waals surface area contributed by atoms with Crippen LogP contribution in [0, 0.1) is 22.9 Å². The molecule has 0 bridgehead atoms. The van der Waals surface area contributed by atoms with Crippen molar-refractivity contribution in [2.24, 2.45) is 5.41 Å². The van der Waals surface area contributed by atoms with E-state index in [2.05, 4.69) is 13.8 Å². The molecule has 1 aliphatic heterocycles. The number of anilines is 1. The maximum Gasteiger partial charge on any atom is 0.415 e. The number of nitrogens with zero attached hydrogens (tertiary/aromatic N) is 1. The zero-order valence-electron chi connectivity index (χ0n) is 22.0. The number of aromatic hydroxyl groups is 1. The van der Waals surface area contributed by atoms with Crippen LogP contribution in [0.4, 0.5) is 14.9 Å². The Labute approximate surface area is 219 Å². The van der Waals surface area contributed by atoms with Gasteiger partial charge in [-0.25, -0.2) is 9.18 Å². The van der Waals surface area contributed by atoms with E-state index in [9.17, 15) is 19.4 Å². The highest BCUT2D eigenvalue weighted by Crippen LogP contribution is 2.44. The smallest absolute Gasteiger partial charge is 0.415 e. The third kappa shape index (κ3) is 7.75. The normalized spacial score (nSPS) is 15.2. The van der Waals surface area contributed by atoms with Crippen LogP contribution < -0.4 is 4.90 Å². The number of aliphatic hydroxyl groups is 1. The molecular weight excluding hydrogens is 499 g/mol. The Kier molecular flexibility index (Phi) is 10.2. The maximum absolute atomic E-state index is 14.1. The minimum atomic E-state index is -2.61. The van der Waals surface area contributed by atoms with Crippen molar-refractivity contribution < 1.29 is 32.6 Å². The highest BCUT2D eigenvalue weighted by Gasteiger charge is 2.43. The molecule has 1 amide bonds. The van der Waals surface area contributed by atoms with Gasteiger partial charge >= 0.3 is 16.6 Å². The number of nitrogens with one attached hydrogen (secondary N) is 1. The zero-order valence-corrected chi connectivity index (χ0v) is 22.9. The fourth-order valence-electron chi connectivity index (χ4n) is 4.60. The number of fused-ring (bicyclic) bond motifs is 1. The van der Waals surface area contributed by atoms with Gasteiger partial charge in [-0.3, -0.25) is 4.90 Å². The second kappa shape index (κ2) is 12.5. The molecule has 37 heavy (non-hydrogen) atoms. The average Bonchev–Trinajstić information content (AvgIpc) is 2.82.